The van der Waals surface area contributed by atoms with E-state index >= 15 is 0 Å². The van der Waals surface area contributed by atoms with Crippen LogP contribution in [0.3, 0.4) is 0 Å². The van der Waals surface area contributed by atoms with Crippen molar-refractivity contribution in [3.63, 3.8) is 0 Å². The molecule has 0 unspecified atom stereocenters. The van der Waals surface area contributed by atoms with Crippen LogP contribution in [-0.2, 0) is 16.0 Å². The van der Waals surface area contributed by atoms with Crippen LogP contribution in [0, 0.1) is 0 Å². The molecule has 0 amide bonds. The summed E-state index contributed by atoms with van der Waals surface area (Å²) in [6, 6.07) is 7.78. The van der Waals surface area contributed by atoms with Crippen LogP contribution in [0.4, 0.5) is 13.2 Å². The van der Waals surface area contributed by atoms with E-state index in [1.54, 1.807) is 12.3 Å². The Labute approximate surface area is 162 Å². The van der Waals surface area contributed by atoms with E-state index in [0.29, 0.717) is 5.69 Å². The van der Waals surface area contributed by atoms with Gasteiger partial charge in [-0.15, -0.1) is 0 Å². The molecule has 3 aromatic heterocycles. The predicted octanol–water partition coefficient (Wildman–Crippen LogP) is 3.28. The van der Waals surface area contributed by atoms with Gasteiger partial charge < -0.3 is 0 Å². The van der Waals surface area contributed by atoms with E-state index in [9.17, 15) is 21.6 Å². The number of fused-ring (bicyclic) bond motifs is 1. The first-order valence-corrected chi connectivity index (χ1v) is 10.1. The predicted molar refractivity (Wildman–Crippen MR) is 97.6 cm³/mol. The zero-order chi connectivity index (χ0) is 20.8. The van der Waals surface area contributed by atoms with Gasteiger partial charge in [0.25, 0.3) is 0 Å². The Morgan fingerprint density at radius 1 is 1.00 bits per heavy atom. The number of hydrogen-bond acceptors (Lipinski definition) is 6. The zero-order valence-electron chi connectivity index (χ0n) is 14.8. The van der Waals surface area contributed by atoms with Crippen LogP contribution in [0.2, 0.25) is 0 Å². The molecule has 11 heteroatoms. The van der Waals surface area contributed by atoms with Gasteiger partial charge in [-0.05, 0) is 24.3 Å². The van der Waals surface area contributed by atoms with E-state index in [4.69, 9.17) is 0 Å². The van der Waals surface area contributed by atoms with Crippen molar-refractivity contribution in [1.82, 2.24) is 24.3 Å². The number of rotatable bonds is 3. The van der Waals surface area contributed by atoms with E-state index in [0.717, 1.165) is 18.4 Å². The Morgan fingerprint density at radius 2 is 1.79 bits per heavy atom. The highest BCUT2D eigenvalue weighted by Crippen LogP contribution is 2.35. The number of alkyl halides is 3. The Hall–Kier alpha value is -3.34. The summed E-state index contributed by atoms with van der Waals surface area (Å²) in [5.41, 5.74) is 0.0475. The number of sulfone groups is 1. The second kappa shape index (κ2) is 6.62. The Kier molecular flexibility index (Phi) is 4.34. The maximum atomic E-state index is 13.2. The standard InChI is InChI=1S/C18H12F3N5O2S/c1-29(27,28)17-23-8-6-13(24-17)15-14(25-16-22-7-3-9-26(15)16)11-4-2-5-12(10-11)18(19,20)21/h2-10H,1H3. The molecule has 0 spiro atoms. The topological polar surface area (TPSA) is 90.1 Å². The molecule has 0 saturated heterocycles. The Balaban J connectivity index is 2.01. The maximum Gasteiger partial charge on any atom is 0.416 e. The number of halogens is 3. The first kappa shape index (κ1) is 19.0. The molecule has 0 radical (unpaired) electrons. The van der Waals surface area contributed by atoms with Crippen molar-refractivity contribution >= 4 is 15.6 Å². The smallest absolute Gasteiger partial charge is 0.281 e. The van der Waals surface area contributed by atoms with Crippen molar-refractivity contribution in [3.05, 3.63) is 60.6 Å². The van der Waals surface area contributed by atoms with Crippen molar-refractivity contribution in [2.45, 2.75) is 11.3 Å². The Bertz CT molecular complexity index is 1330. The number of nitrogens with zero attached hydrogens (tertiary/aromatic N) is 5. The first-order chi connectivity index (χ1) is 13.6. The molecule has 3 heterocycles. The lowest BCUT2D eigenvalue weighted by atomic mass is 10.1. The molecule has 7 nitrogen and oxygen atoms in total. The minimum absolute atomic E-state index is 0.188. The molecule has 4 aromatic rings. The summed E-state index contributed by atoms with van der Waals surface area (Å²) in [6.07, 6.45) is 0.820. The van der Waals surface area contributed by atoms with Crippen molar-refractivity contribution in [3.8, 4) is 22.6 Å². The molecule has 0 N–H and O–H groups in total. The normalized spacial score (nSPS) is 12.4. The molecule has 0 bridgehead atoms. The minimum Gasteiger partial charge on any atom is -0.281 e. The van der Waals surface area contributed by atoms with Crippen LogP contribution < -0.4 is 0 Å². The van der Waals surface area contributed by atoms with Gasteiger partial charge in [-0.1, -0.05) is 12.1 Å². The van der Waals surface area contributed by atoms with Gasteiger partial charge in [0.1, 0.15) is 11.4 Å². The summed E-state index contributed by atoms with van der Waals surface area (Å²) in [7, 11) is -3.69. The van der Waals surface area contributed by atoms with Gasteiger partial charge in [0.2, 0.25) is 20.8 Å². The molecule has 0 aliphatic heterocycles. The van der Waals surface area contributed by atoms with Crippen LogP contribution in [0.15, 0.2) is 60.1 Å². The van der Waals surface area contributed by atoms with E-state index in [1.165, 1.54) is 35.0 Å². The van der Waals surface area contributed by atoms with E-state index in [1.807, 2.05) is 0 Å². The zero-order valence-corrected chi connectivity index (χ0v) is 15.6. The summed E-state index contributed by atoms with van der Waals surface area (Å²) >= 11 is 0. The summed E-state index contributed by atoms with van der Waals surface area (Å²) < 4.78 is 64.7. The Morgan fingerprint density at radius 3 is 2.52 bits per heavy atom. The van der Waals surface area contributed by atoms with Gasteiger partial charge in [0.15, 0.2) is 0 Å². The van der Waals surface area contributed by atoms with E-state index < -0.39 is 26.7 Å². The third-order valence-electron chi connectivity index (χ3n) is 4.07. The molecule has 0 aliphatic rings. The second-order valence-corrected chi connectivity index (χ2v) is 8.08. The monoisotopic (exact) mass is 419 g/mol. The van der Waals surface area contributed by atoms with Gasteiger partial charge in [0, 0.05) is 30.4 Å². The molecule has 0 fully saturated rings. The highest BCUT2D eigenvalue weighted by Gasteiger charge is 2.31. The van der Waals surface area contributed by atoms with Crippen LogP contribution in [-0.4, -0.2) is 39.0 Å². The molecular weight excluding hydrogens is 407 g/mol. The van der Waals surface area contributed by atoms with Crippen LogP contribution >= 0.6 is 0 Å². The molecular formula is C18H12F3N5O2S. The summed E-state index contributed by atoms with van der Waals surface area (Å²) in [5, 5.41) is -0.399. The lowest BCUT2D eigenvalue weighted by molar-refractivity contribution is -0.137. The lowest BCUT2D eigenvalue weighted by Gasteiger charge is -2.09. The van der Waals surface area contributed by atoms with Crippen molar-refractivity contribution in [2.75, 3.05) is 6.26 Å². The van der Waals surface area contributed by atoms with Crippen molar-refractivity contribution in [2.24, 2.45) is 0 Å². The highest BCUT2D eigenvalue weighted by atomic mass is 32.2. The quantitative estimate of drug-likeness (QED) is 0.474. The molecule has 29 heavy (non-hydrogen) atoms. The first-order valence-electron chi connectivity index (χ1n) is 8.19. The van der Waals surface area contributed by atoms with Crippen LogP contribution in [0.1, 0.15) is 5.56 Å². The minimum atomic E-state index is -4.52. The molecule has 0 aliphatic carbocycles. The van der Waals surface area contributed by atoms with Gasteiger partial charge in [-0.25, -0.2) is 28.4 Å². The average Bonchev–Trinajstić information content (AvgIpc) is 3.06. The fraction of sp³-hybridized carbons (Fsp3) is 0.111. The van der Waals surface area contributed by atoms with Crippen LogP contribution in [0.5, 0.6) is 0 Å². The molecule has 0 atom stereocenters. The fourth-order valence-electron chi connectivity index (χ4n) is 2.83. The van der Waals surface area contributed by atoms with Gasteiger partial charge in [0.05, 0.1) is 11.3 Å². The van der Waals surface area contributed by atoms with E-state index in [2.05, 4.69) is 19.9 Å². The molecule has 148 valence electrons. The number of benzene rings is 1. The van der Waals surface area contributed by atoms with Crippen LogP contribution in [0.25, 0.3) is 28.4 Å². The summed E-state index contributed by atoms with van der Waals surface area (Å²) in [4.78, 5) is 16.3. The maximum absolute atomic E-state index is 13.2. The molecule has 4 rings (SSSR count). The number of hydrogen-bond donors (Lipinski definition) is 0. The molecule has 1 aromatic carbocycles. The van der Waals surface area contributed by atoms with Gasteiger partial charge >= 0.3 is 6.18 Å². The third kappa shape index (κ3) is 3.56. The van der Waals surface area contributed by atoms with E-state index in [-0.39, 0.29) is 22.7 Å². The highest BCUT2D eigenvalue weighted by molar-refractivity contribution is 7.90. The van der Waals surface area contributed by atoms with Gasteiger partial charge in [-0.3, -0.25) is 4.40 Å². The summed E-state index contributed by atoms with van der Waals surface area (Å²) in [5.74, 6) is 0.231. The summed E-state index contributed by atoms with van der Waals surface area (Å²) in [6.45, 7) is 0. The van der Waals surface area contributed by atoms with Gasteiger partial charge in [-0.2, -0.15) is 13.2 Å². The fourth-order valence-corrected chi connectivity index (χ4v) is 3.34. The molecule has 0 saturated carbocycles. The average molecular weight is 419 g/mol. The van der Waals surface area contributed by atoms with Crippen molar-refractivity contribution in [1.29, 1.82) is 0 Å². The van der Waals surface area contributed by atoms with Crippen molar-refractivity contribution < 1.29 is 21.6 Å². The number of imidazole rings is 1. The third-order valence-corrected chi connectivity index (χ3v) is 4.93. The number of aromatic nitrogens is 5. The lowest BCUT2D eigenvalue weighted by Crippen LogP contribution is -2.06. The largest absolute Gasteiger partial charge is 0.416 e. The second-order valence-electron chi connectivity index (χ2n) is 6.17. The SMILES string of the molecule is CS(=O)(=O)c1nccc(-c2c(-c3cccc(C(F)(F)F)c3)nc3ncccn23)n1.